The molecule has 1 aromatic rings. The van der Waals surface area contributed by atoms with Crippen molar-refractivity contribution in [3.05, 3.63) is 35.6 Å². The highest BCUT2D eigenvalue weighted by molar-refractivity contribution is 7.89. The van der Waals surface area contributed by atoms with Crippen molar-refractivity contribution < 1.29 is 17.5 Å². The van der Waals surface area contributed by atoms with Crippen molar-refractivity contribution in [2.75, 3.05) is 13.2 Å². The lowest BCUT2D eigenvalue weighted by Crippen LogP contribution is -2.13. The highest BCUT2D eigenvalue weighted by Crippen LogP contribution is 2.41. The molecule has 0 atom stereocenters. The molecule has 0 aliphatic carbocycles. The normalized spacial score (nSPS) is 12.3. The van der Waals surface area contributed by atoms with Crippen LogP contribution in [0.2, 0.25) is 0 Å². The Hall–Kier alpha value is -0.780. The van der Waals surface area contributed by atoms with E-state index < -0.39 is 18.4 Å². The molecule has 0 unspecified atom stereocenters. The zero-order valence-electron chi connectivity index (χ0n) is 13.8. The van der Waals surface area contributed by atoms with Gasteiger partial charge >= 0.3 is 0 Å². The van der Waals surface area contributed by atoms with E-state index in [1.54, 1.807) is 30.1 Å². The van der Waals surface area contributed by atoms with E-state index in [2.05, 4.69) is 13.8 Å². The third kappa shape index (κ3) is 8.04. The largest absolute Gasteiger partial charge is 0.331 e. The number of nitrogens with two attached hydrogens (primary N) is 1. The van der Waals surface area contributed by atoms with Gasteiger partial charge in [-0.05, 0) is 36.4 Å². The van der Waals surface area contributed by atoms with Gasteiger partial charge in [0.05, 0.1) is 18.1 Å². The lowest BCUT2D eigenvalue weighted by Gasteiger charge is -2.14. The fourth-order valence-corrected chi connectivity index (χ4v) is 3.62. The van der Waals surface area contributed by atoms with Gasteiger partial charge < -0.3 is 9.05 Å². The standard InChI is InChI=1S/C16H26NO4PS/c1-3-5-12-20-22(21-13-6-4-2)14-11-15-9-7-8-10-16(15)23(17,18)19/h7-11,14H,3-6,12-13H2,1-2H3,(H2,17,18,19). The molecule has 0 saturated carbocycles. The molecule has 0 aliphatic rings. The molecule has 1 rings (SSSR count). The van der Waals surface area contributed by atoms with Gasteiger partial charge in [-0.25, -0.2) is 13.6 Å². The Morgan fingerprint density at radius 3 is 2.17 bits per heavy atom. The summed E-state index contributed by atoms with van der Waals surface area (Å²) in [6, 6.07) is 6.62. The first kappa shape index (κ1) is 20.3. The average Bonchev–Trinajstić information content (AvgIpc) is 2.52. The molecule has 0 saturated heterocycles. The number of hydrogen-bond acceptors (Lipinski definition) is 4. The Balaban J connectivity index is 2.82. The molecule has 0 aliphatic heterocycles. The Bertz CT molecular complexity index is 579. The Morgan fingerprint density at radius 2 is 1.65 bits per heavy atom. The average molecular weight is 359 g/mol. The van der Waals surface area contributed by atoms with Crippen LogP contribution >= 0.6 is 8.38 Å². The second-order valence-corrected chi connectivity index (χ2v) is 7.97. The third-order valence-electron chi connectivity index (χ3n) is 3.03. The Kier molecular flexibility index (Phi) is 9.60. The highest BCUT2D eigenvalue weighted by atomic mass is 32.2. The zero-order chi connectivity index (χ0) is 17.1. The summed E-state index contributed by atoms with van der Waals surface area (Å²) in [5.74, 6) is 1.80. The molecule has 5 nitrogen and oxygen atoms in total. The van der Waals surface area contributed by atoms with Gasteiger partial charge in [0.15, 0.2) is 8.38 Å². The molecule has 0 heterocycles. The van der Waals surface area contributed by atoms with Crippen LogP contribution < -0.4 is 5.14 Å². The van der Waals surface area contributed by atoms with E-state index in [-0.39, 0.29) is 4.90 Å². The van der Waals surface area contributed by atoms with E-state index in [0.717, 1.165) is 25.7 Å². The van der Waals surface area contributed by atoms with Gasteiger partial charge in [-0.15, -0.1) is 0 Å². The summed E-state index contributed by atoms with van der Waals surface area (Å²) in [7, 11) is -4.92. The van der Waals surface area contributed by atoms with E-state index >= 15 is 0 Å². The summed E-state index contributed by atoms with van der Waals surface area (Å²) in [6.07, 6.45) is 5.75. The van der Waals surface area contributed by atoms with E-state index in [1.165, 1.54) is 6.07 Å². The zero-order valence-corrected chi connectivity index (χ0v) is 15.5. The van der Waals surface area contributed by atoms with Crippen molar-refractivity contribution in [3.8, 4) is 0 Å². The SMILES string of the molecule is CCCCOP(C=Cc1ccccc1S(N)(=O)=O)OCCCC. The lowest BCUT2D eigenvalue weighted by atomic mass is 10.2. The maximum Gasteiger partial charge on any atom is 0.238 e. The summed E-state index contributed by atoms with van der Waals surface area (Å²) in [4.78, 5) is 0.105. The summed E-state index contributed by atoms with van der Waals surface area (Å²) in [6.45, 7) is 5.47. The maximum absolute atomic E-state index is 11.6. The number of rotatable bonds is 11. The summed E-state index contributed by atoms with van der Waals surface area (Å²) in [5.41, 5.74) is 0.542. The molecule has 0 amide bonds. The van der Waals surface area contributed by atoms with E-state index in [0.29, 0.717) is 18.8 Å². The molecule has 0 radical (unpaired) electrons. The summed E-state index contributed by atoms with van der Waals surface area (Å²) < 4.78 is 34.7. The number of sulfonamides is 1. The van der Waals surface area contributed by atoms with Crippen LogP contribution in [0.4, 0.5) is 0 Å². The molecule has 0 aromatic heterocycles. The quantitative estimate of drug-likeness (QED) is 0.473. The second-order valence-electron chi connectivity index (χ2n) is 5.06. The van der Waals surface area contributed by atoms with Crippen LogP contribution in [0.3, 0.4) is 0 Å². The number of benzene rings is 1. The van der Waals surface area contributed by atoms with Crippen LogP contribution in [0.1, 0.15) is 45.1 Å². The maximum atomic E-state index is 11.6. The number of primary sulfonamides is 1. The predicted octanol–water partition coefficient (Wildman–Crippen LogP) is 4.25. The molecule has 7 heteroatoms. The van der Waals surface area contributed by atoms with Gasteiger partial charge in [-0.1, -0.05) is 44.9 Å². The van der Waals surface area contributed by atoms with Gasteiger partial charge in [0.25, 0.3) is 0 Å². The van der Waals surface area contributed by atoms with Crippen molar-refractivity contribution in [1.82, 2.24) is 0 Å². The summed E-state index contributed by atoms with van der Waals surface area (Å²) >= 11 is 0. The van der Waals surface area contributed by atoms with Gasteiger partial charge in [-0.3, -0.25) is 0 Å². The molecule has 0 spiro atoms. The number of unbranched alkanes of at least 4 members (excludes halogenated alkanes) is 2. The molecule has 0 fully saturated rings. The smallest absolute Gasteiger partial charge is 0.238 e. The Labute approximate surface area is 140 Å². The third-order valence-corrected chi connectivity index (χ3v) is 5.29. The molecule has 1 aromatic carbocycles. The number of hydrogen-bond donors (Lipinski definition) is 1. The molecular weight excluding hydrogens is 333 g/mol. The van der Waals surface area contributed by atoms with Crippen molar-refractivity contribution in [1.29, 1.82) is 0 Å². The molecule has 2 N–H and O–H groups in total. The van der Waals surface area contributed by atoms with Crippen LogP contribution in [0.25, 0.3) is 6.08 Å². The monoisotopic (exact) mass is 359 g/mol. The first-order valence-corrected chi connectivity index (χ1v) is 10.6. The minimum absolute atomic E-state index is 0.105. The van der Waals surface area contributed by atoms with Crippen LogP contribution in [0, 0.1) is 0 Å². The van der Waals surface area contributed by atoms with Crippen LogP contribution in [-0.2, 0) is 19.1 Å². The fraction of sp³-hybridized carbons (Fsp3) is 0.500. The van der Waals surface area contributed by atoms with Crippen molar-refractivity contribution in [3.63, 3.8) is 0 Å². The summed E-state index contributed by atoms with van der Waals surface area (Å²) in [5, 5.41) is 5.24. The Morgan fingerprint density at radius 1 is 1.09 bits per heavy atom. The first-order valence-electron chi connectivity index (χ1n) is 7.84. The van der Waals surface area contributed by atoms with Gasteiger partial charge in [0.2, 0.25) is 10.0 Å². The van der Waals surface area contributed by atoms with Gasteiger partial charge in [-0.2, -0.15) is 0 Å². The topological polar surface area (TPSA) is 78.6 Å². The molecule has 130 valence electrons. The highest BCUT2D eigenvalue weighted by Gasteiger charge is 2.12. The molecule has 23 heavy (non-hydrogen) atoms. The fourth-order valence-electron chi connectivity index (χ4n) is 1.74. The van der Waals surface area contributed by atoms with E-state index in [4.69, 9.17) is 14.2 Å². The molecule has 0 bridgehead atoms. The van der Waals surface area contributed by atoms with E-state index in [1.807, 2.05) is 0 Å². The second kappa shape index (κ2) is 10.9. The van der Waals surface area contributed by atoms with Crippen molar-refractivity contribution in [2.45, 2.75) is 44.4 Å². The molecular formula is C16H26NO4PS. The van der Waals surface area contributed by atoms with Crippen LogP contribution in [0.15, 0.2) is 35.0 Å². The minimum atomic E-state index is -3.75. The van der Waals surface area contributed by atoms with Crippen LogP contribution in [0.5, 0.6) is 0 Å². The van der Waals surface area contributed by atoms with Gasteiger partial charge in [0.1, 0.15) is 0 Å². The van der Waals surface area contributed by atoms with Crippen molar-refractivity contribution in [2.24, 2.45) is 5.14 Å². The minimum Gasteiger partial charge on any atom is -0.331 e. The van der Waals surface area contributed by atoms with Gasteiger partial charge in [0, 0.05) is 0 Å². The predicted molar refractivity (Wildman–Crippen MR) is 95.5 cm³/mol. The first-order chi connectivity index (χ1) is 11.0. The van der Waals surface area contributed by atoms with Crippen molar-refractivity contribution >= 4 is 24.5 Å². The van der Waals surface area contributed by atoms with Crippen LogP contribution in [-0.4, -0.2) is 21.6 Å². The lowest BCUT2D eigenvalue weighted by molar-refractivity contribution is 0.249. The van der Waals surface area contributed by atoms with E-state index in [9.17, 15) is 8.42 Å².